The molecule has 1 heterocycles. The molecule has 0 aromatic carbocycles. The molecule has 4 bridgehead atoms. The van der Waals surface area contributed by atoms with E-state index in [0.29, 0.717) is 5.92 Å². The fraction of sp³-hybridized carbons (Fsp3) is 0.952. The maximum absolute atomic E-state index is 12.5. The number of likely N-dealkylation sites (tertiary alicyclic amines) is 1. The molecular weight excluding hydrogens is 310 g/mol. The van der Waals surface area contributed by atoms with Gasteiger partial charge >= 0.3 is 6.03 Å². The Hall–Kier alpha value is -0.770. The highest BCUT2D eigenvalue weighted by molar-refractivity contribution is 5.74. The molecule has 142 valence electrons. The summed E-state index contributed by atoms with van der Waals surface area (Å²) in [6.07, 6.45) is 13.1. The summed E-state index contributed by atoms with van der Waals surface area (Å²) in [5.41, 5.74) is 0.141. The van der Waals surface area contributed by atoms with Crippen molar-refractivity contribution in [3.8, 4) is 0 Å². The molecule has 1 saturated heterocycles. The van der Waals surface area contributed by atoms with Gasteiger partial charge in [0.1, 0.15) is 0 Å². The number of urea groups is 1. The Morgan fingerprint density at radius 1 is 1.04 bits per heavy atom. The van der Waals surface area contributed by atoms with Crippen LogP contribution in [0.2, 0.25) is 0 Å². The van der Waals surface area contributed by atoms with E-state index in [1.807, 2.05) is 0 Å². The molecule has 0 spiro atoms. The van der Waals surface area contributed by atoms with Gasteiger partial charge in [0.05, 0.1) is 0 Å². The fourth-order valence-electron chi connectivity index (χ4n) is 6.58. The van der Waals surface area contributed by atoms with Crippen molar-refractivity contribution in [2.24, 2.45) is 23.7 Å². The van der Waals surface area contributed by atoms with Crippen LogP contribution < -0.4 is 10.6 Å². The first-order chi connectivity index (χ1) is 12.1. The Kier molecular flexibility index (Phi) is 5.26. The number of hydrogen-bond donors (Lipinski definition) is 2. The van der Waals surface area contributed by atoms with Crippen molar-refractivity contribution in [1.29, 1.82) is 0 Å². The van der Waals surface area contributed by atoms with Crippen LogP contribution in [0.25, 0.3) is 0 Å². The van der Waals surface area contributed by atoms with Crippen LogP contribution in [0.3, 0.4) is 0 Å². The van der Waals surface area contributed by atoms with E-state index in [9.17, 15) is 4.79 Å². The lowest BCUT2D eigenvalue weighted by atomic mass is 9.53. The Balaban J connectivity index is 1.19. The summed E-state index contributed by atoms with van der Waals surface area (Å²) in [4.78, 5) is 15.1. The lowest BCUT2D eigenvalue weighted by Crippen LogP contribution is -2.61. The van der Waals surface area contributed by atoms with Gasteiger partial charge in [-0.15, -0.1) is 0 Å². The first-order valence-corrected chi connectivity index (χ1v) is 10.9. The van der Waals surface area contributed by atoms with E-state index in [4.69, 9.17) is 0 Å². The molecule has 0 aromatic rings. The molecular formula is C21H37N3O. The minimum atomic E-state index is 0.107. The number of nitrogens with zero attached hydrogens (tertiary/aromatic N) is 1. The van der Waals surface area contributed by atoms with Crippen molar-refractivity contribution < 1.29 is 4.79 Å². The van der Waals surface area contributed by atoms with Gasteiger partial charge in [0, 0.05) is 12.1 Å². The molecule has 4 saturated carbocycles. The predicted molar refractivity (Wildman–Crippen MR) is 102 cm³/mol. The number of amides is 2. The molecule has 5 rings (SSSR count). The highest BCUT2D eigenvalue weighted by atomic mass is 16.2. The molecule has 4 heteroatoms. The number of hydrogen-bond acceptors (Lipinski definition) is 2. The lowest BCUT2D eigenvalue weighted by Gasteiger charge is -2.56. The van der Waals surface area contributed by atoms with Gasteiger partial charge in [-0.25, -0.2) is 4.79 Å². The topological polar surface area (TPSA) is 44.4 Å². The SMILES string of the molecule is CCCCN1CCC(CNC(=O)NC23CC4CC(CC(C4)C2)C3)CC1. The second-order valence-electron chi connectivity index (χ2n) is 9.67. The lowest BCUT2D eigenvalue weighted by molar-refractivity contribution is -0.0136. The van der Waals surface area contributed by atoms with Gasteiger partial charge in [-0.3, -0.25) is 0 Å². The largest absolute Gasteiger partial charge is 0.338 e. The molecule has 0 radical (unpaired) electrons. The van der Waals surface area contributed by atoms with Gasteiger partial charge in [0.25, 0.3) is 0 Å². The van der Waals surface area contributed by atoms with E-state index in [2.05, 4.69) is 22.5 Å². The van der Waals surface area contributed by atoms with E-state index < -0.39 is 0 Å². The molecule has 1 aliphatic heterocycles. The van der Waals surface area contributed by atoms with Crippen molar-refractivity contribution in [1.82, 2.24) is 15.5 Å². The summed E-state index contributed by atoms with van der Waals surface area (Å²) in [6.45, 7) is 6.80. The van der Waals surface area contributed by atoms with E-state index in [-0.39, 0.29) is 11.6 Å². The number of unbranched alkanes of at least 4 members (excludes halogenated alkanes) is 1. The molecule has 2 amide bonds. The number of piperidine rings is 1. The quantitative estimate of drug-likeness (QED) is 0.768. The zero-order valence-electron chi connectivity index (χ0n) is 16.1. The van der Waals surface area contributed by atoms with Gasteiger partial charge in [-0.2, -0.15) is 0 Å². The monoisotopic (exact) mass is 347 g/mol. The van der Waals surface area contributed by atoms with Crippen molar-refractivity contribution >= 4 is 6.03 Å². The molecule has 4 nitrogen and oxygen atoms in total. The summed E-state index contributed by atoms with van der Waals surface area (Å²) >= 11 is 0. The number of carbonyl (C=O) groups excluding carboxylic acids is 1. The zero-order chi connectivity index (χ0) is 17.3. The third kappa shape index (κ3) is 4.15. The van der Waals surface area contributed by atoms with Crippen molar-refractivity contribution in [2.75, 3.05) is 26.2 Å². The molecule has 25 heavy (non-hydrogen) atoms. The molecule has 4 aliphatic carbocycles. The van der Waals surface area contributed by atoms with Crippen LogP contribution in [0.5, 0.6) is 0 Å². The number of carbonyl (C=O) groups is 1. The highest BCUT2D eigenvalue weighted by Gasteiger charge is 2.51. The standard InChI is InChI=1S/C21H37N3O/c1-2-3-6-24-7-4-16(5-8-24)15-22-20(25)23-21-12-17-9-18(13-21)11-19(10-17)14-21/h16-19H,2-15H2,1H3,(H2,22,23,25). The number of nitrogens with one attached hydrogen (secondary N) is 2. The highest BCUT2D eigenvalue weighted by Crippen LogP contribution is 2.55. The summed E-state index contributed by atoms with van der Waals surface area (Å²) in [5.74, 6) is 3.33. The summed E-state index contributed by atoms with van der Waals surface area (Å²) < 4.78 is 0. The predicted octanol–water partition coefficient (Wildman–Crippen LogP) is 3.77. The Morgan fingerprint density at radius 3 is 2.20 bits per heavy atom. The Bertz CT molecular complexity index is 434. The fourth-order valence-corrected chi connectivity index (χ4v) is 6.58. The van der Waals surface area contributed by atoms with Crippen LogP contribution in [0.1, 0.15) is 71.1 Å². The maximum atomic E-state index is 12.5. The van der Waals surface area contributed by atoms with Crippen molar-refractivity contribution in [3.05, 3.63) is 0 Å². The van der Waals surface area contributed by atoms with E-state index >= 15 is 0 Å². The van der Waals surface area contributed by atoms with Crippen LogP contribution in [0.15, 0.2) is 0 Å². The van der Waals surface area contributed by atoms with Gasteiger partial charge in [-0.05, 0) is 101 Å². The Morgan fingerprint density at radius 2 is 1.64 bits per heavy atom. The molecule has 2 N–H and O–H groups in total. The molecule has 0 aromatic heterocycles. The van der Waals surface area contributed by atoms with Crippen LogP contribution >= 0.6 is 0 Å². The average molecular weight is 348 g/mol. The van der Waals surface area contributed by atoms with Crippen molar-refractivity contribution in [3.63, 3.8) is 0 Å². The second-order valence-corrected chi connectivity index (χ2v) is 9.67. The van der Waals surface area contributed by atoms with E-state index in [0.717, 1.165) is 24.3 Å². The van der Waals surface area contributed by atoms with Gasteiger partial charge < -0.3 is 15.5 Å². The maximum Gasteiger partial charge on any atom is 0.315 e. The Labute approximate surface area is 153 Å². The molecule has 5 fully saturated rings. The van der Waals surface area contributed by atoms with Crippen molar-refractivity contribution in [2.45, 2.75) is 76.7 Å². The van der Waals surface area contributed by atoms with Crippen LogP contribution in [-0.4, -0.2) is 42.6 Å². The minimum Gasteiger partial charge on any atom is -0.338 e. The van der Waals surface area contributed by atoms with Crippen LogP contribution in [0, 0.1) is 23.7 Å². The van der Waals surface area contributed by atoms with Gasteiger partial charge in [0.2, 0.25) is 0 Å². The van der Waals surface area contributed by atoms with E-state index in [1.54, 1.807) is 0 Å². The minimum absolute atomic E-state index is 0.107. The molecule has 5 aliphatic rings. The van der Waals surface area contributed by atoms with Gasteiger partial charge in [-0.1, -0.05) is 13.3 Å². The first-order valence-electron chi connectivity index (χ1n) is 10.9. The summed E-state index contributed by atoms with van der Waals surface area (Å²) in [5, 5.41) is 6.66. The average Bonchev–Trinajstić information content (AvgIpc) is 2.57. The number of rotatable bonds is 6. The smallest absolute Gasteiger partial charge is 0.315 e. The molecule has 0 unspecified atom stereocenters. The third-order valence-electron chi connectivity index (χ3n) is 7.50. The summed E-state index contributed by atoms with van der Waals surface area (Å²) in [7, 11) is 0. The third-order valence-corrected chi connectivity index (χ3v) is 7.50. The first kappa shape index (κ1) is 17.6. The zero-order valence-corrected chi connectivity index (χ0v) is 16.1. The normalized spacial score (nSPS) is 38.0. The summed E-state index contributed by atoms with van der Waals surface area (Å²) in [6, 6.07) is 0.107. The second kappa shape index (κ2) is 7.46. The van der Waals surface area contributed by atoms with Gasteiger partial charge in [0.15, 0.2) is 0 Å². The van der Waals surface area contributed by atoms with Crippen LogP contribution in [-0.2, 0) is 0 Å². The molecule has 0 atom stereocenters. The van der Waals surface area contributed by atoms with Crippen LogP contribution in [0.4, 0.5) is 4.79 Å². The van der Waals surface area contributed by atoms with E-state index in [1.165, 1.54) is 83.8 Å².